The maximum Gasteiger partial charge on any atom is 0.156 e. The van der Waals surface area contributed by atoms with Gasteiger partial charge < -0.3 is 5.32 Å². The quantitative estimate of drug-likeness (QED) is 0.681. The summed E-state index contributed by atoms with van der Waals surface area (Å²) >= 11 is 7.80. The van der Waals surface area contributed by atoms with Gasteiger partial charge in [-0.05, 0) is 31.9 Å². The zero-order chi connectivity index (χ0) is 13.0. The third-order valence-corrected chi connectivity index (χ3v) is 4.74. The lowest BCUT2D eigenvalue weighted by Crippen LogP contribution is -2.28. The third-order valence-electron chi connectivity index (χ3n) is 3.30. The Morgan fingerprint density at radius 3 is 2.72 bits per heavy atom. The molecule has 1 aliphatic rings. The first-order chi connectivity index (χ1) is 8.74. The largest absolute Gasteiger partial charge is 0.367 e. The van der Waals surface area contributed by atoms with Gasteiger partial charge in [-0.3, -0.25) is 4.79 Å². The number of aldehydes is 1. The lowest BCUT2D eigenvalue weighted by Gasteiger charge is -2.28. The Balaban J connectivity index is 2.02. The number of nitrogens with one attached hydrogen (secondary N) is 1. The standard InChI is InChI=1S/C12H16ClN3OS/c1-18-9-4-2-8(3-5-9)16-12-10(6-17)11(13)14-7-15-12/h6-9H,2-5H2,1H3,(H,14,15,16). The molecule has 0 amide bonds. The zero-order valence-corrected chi connectivity index (χ0v) is 11.8. The van der Waals surface area contributed by atoms with Crippen molar-refractivity contribution in [2.24, 2.45) is 0 Å². The minimum atomic E-state index is 0.209. The van der Waals surface area contributed by atoms with Gasteiger partial charge in [0, 0.05) is 11.3 Å². The lowest BCUT2D eigenvalue weighted by atomic mass is 9.95. The molecule has 1 aromatic heterocycles. The number of carbonyl (C=O) groups is 1. The molecule has 0 aromatic carbocycles. The fraction of sp³-hybridized carbons (Fsp3) is 0.583. The number of thioether (sulfide) groups is 1. The van der Waals surface area contributed by atoms with E-state index in [0.29, 0.717) is 23.7 Å². The van der Waals surface area contributed by atoms with E-state index in [1.807, 2.05) is 11.8 Å². The number of rotatable bonds is 4. The highest BCUT2D eigenvalue weighted by atomic mass is 35.5. The van der Waals surface area contributed by atoms with Gasteiger partial charge in [0.2, 0.25) is 0 Å². The van der Waals surface area contributed by atoms with Crippen LogP contribution in [0.5, 0.6) is 0 Å². The van der Waals surface area contributed by atoms with Crippen LogP contribution in [0.25, 0.3) is 0 Å². The Bertz CT molecular complexity index is 422. The molecule has 0 unspecified atom stereocenters. The molecule has 0 atom stereocenters. The van der Waals surface area contributed by atoms with Gasteiger partial charge in [-0.1, -0.05) is 11.6 Å². The summed E-state index contributed by atoms with van der Waals surface area (Å²) in [6.45, 7) is 0. The van der Waals surface area contributed by atoms with E-state index < -0.39 is 0 Å². The van der Waals surface area contributed by atoms with Gasteiger partial charge in [0.1, 0.15) is 17.3 Å². The molecule has 1 fully saturated rings. The van der Waals surface area contributed by atoms with Crippen LogP contribution in [0, 0.1) is 0 Å². The first-order valence-corrected chi connectivity index (χ1v) is 7.66. The van der Waals surface area contributed by atoms with Crippen molar-refractivity contribution in [3.63, 3.8) is 0 Å². The number of anilines is 1. The van der Waals surface area contributed by atoms with E-state index in [-0.39, 0.29) is 5.15 Å². The molecular formula is C12H16ClN3OS. The number of aromatic nitrogens is 2. The van der Waals surface area contributed by atoms with E-state index in [0.717, 1.165) is 18.1 Å². The highest BCUT2D eigenvalue weighted by Crippen LogP contribution is 2.29. The van der Waals surface area contributed by atoms with Gasteiger partial charge in [-0.25, -0.2) is 9.97 Å². The van der Waals surface area contributed by atoms with E-state index in [2.05, 4.69) is 21.5 Å². The average Bonchev–Trinajstić information content (AvgIpc) is 2.40. The summed E-state index contributed by atoms with van der Waals surface area (Å²) < 4.78 is 0. The van der Waals surface area contributed by atoms with Gasteiger partial charge in [0.15, 0.2) is 6.29 Å². The molecule has 0 aliphatic heterocycles. The summed E-state index contributed by atoms with van der Waals surface area (Å²) in [5, 5.41) is 4.28. The maximum absolute atomic E-state index is 11.0. The topological polar surface area (TPSA) is 54.9 Å². The Morgan fingerprint density at radius 2 is 2.11 bits per heavy atom. The second kappa shape index (κ2) is 6.38. The molecule has 1 aromatic rings. The molecule has 0 spiro atoms. The Kier molecular flexibility index (Phi) is 4.83. The Hall–Kier alpha value is -0.810. The van der Waals surface area contributed by atoms with E-state index in [9.17, 15) is 4.79 Å². The molecule has 4 nitrogen and oxygen atoms in total. The highest BCUT2D eigenvalue weighted by Gasteiger charge is 2.21. The summed E-state index contributed by atoms with van der Waals surface area (Å²) in [4.78, 5) is 18.9. The SMILES string of the molecule is CSC1CCC(Nc2ncnc(Cl)c2C=O)CC1. The van der Waals surface area contributed by atoms with Crippen LogP contribution in [-0.4, -0.2) is 33.8 Å². The van der Waals surface area contributed by atoms with Crippen LogP contribution in [0.15, 0.2) is 6.33 Å². The Labute approximate surface area is 116 Å². The third kappa shape index (κ3) is 3.14. The molecule has 1 heterocycles. The summed E-state index contributed by atoms with van der Waals surface area (Å²) in [6.07, 6.45) is 8.86. The van der Waals surface area contributed by atoms with Crippen molar-refractivity contribution < 1.29 is 4.79 Å². The van der Waals surface area contributed by atoms with Gasteiger partial charge in [-0.2, -0.15) is 11.8 Å². The molecule has 0 saturated heterocycles. The monoisotopic (exact) mass is 285 g/mol. The van der Waals surface area contributed by atoms with Crippen molar-refractivity contribution in [2.45, 2.75) is 37.0 Å². The van der Waals surface area contributed by atoms with Gasteiger partial charge in [-0.15, -0.1) is 0 Å². The summed E-state index contributed by atoms with van der Waals surface area (Å²) in [7, 11) is 0. The molecule has 0 bridgehead atoms. The minimum Gasteiger partial charge on any atom is -0.367 e. The van der Waals surface area contributed by atoms with E-state index in [4.69, 9.17) is 11.6 Å². The molecule has 1 aliphatic carbocycles. The van der Waals surface area contributed by atoms with Crippen molar-refractivity contribution in [3.8, 4) is 0 Å². The van der Waals surface area contributed by atoms with E-state index in [1.54, 1.807) is 0 Å². The molecule has 1 saturated carbocycles. The smallest absolute Gasteiger partial charge is 0.156 e. The summed E-state index contributed by atoms with van der Waals surface area (Å²) in [5.74, 6) is 0.553. The molecule has 2 rings (SSSR count). The van der Waals surface area contributed by atoms with E-state index in [1.165, 1.54) is 19.2 Å². The molecule has 18 heavy (non-hydrogen) atoms. The van der Waals surface area contributed by atoms with Gasteiger partial charge in [0.25, 0.3) is 0 Å². The number of hydrogen-bond acceptors (Lipinski definition) is 5. The minimum absolute atomic E-state index is 0.209. The molecule has 0 radical (unpaired) electrons. The predicted molar refractivity (Wildman–Crippen MR) is 75.6 cm³/mol. The van der Waals surface area contributed by atoms with Crippen LogP contribution >= 0.6 is 23.4 Å². The van der Waals surface area contributed by atoms with Gasteiger partial charge >= 0.3 is 0 Å². The van der Waals surface area contributed by atoms with E-state index >= 15 is 0 Å². The lowest BCUT2D eigenvalue weighted by molar-refractivity contribution is 0.112. The second-order valence-electron chi connectivity index (χ2n) is 4.40. The van der Waals surface area contributed by atoms with Crippen molar-refractivity contribution in [2.75, 3.05) is 11.6 Å². The molecule has 6 heteroatoms. The first-order valence-electron chi connectivity index (χ1n) is 5.99. The predicted octanol–water partition coefficient (Wildman–Crippen LogP) is 3.03. The number of halogens is 1. The molecule has 1 N–H and O–H groups in total. The van der Waals surface area contributed by atoms with Crippen LogP contribution in [0.2, 0.25) is 5.15 Å². The fourth-order valence-electron chi connectivity index (χ4n) is 2.23. The van der Waals surface area contributed by atoms with Crippen molar-refractivity contribution >= 4 is 35.5 Å². The normalized spacial score (nSPS) is 23.7. The number of nitrogens with zero attached hydrogens (tertiary/aromatic N) is 2. The number of hydrogen-bond donors (Lipinski definition) is 1. The van der Waals surface area contributed by atoms with Crippen LogP contribution in [0.4, 0.5) is 5.82 Å². The van der Waals surface area contributed by atoms with Crippen molar-refractivity contribution in [3.05, 3.63) is 17.0 Å². The van der Waals surface area contributed by atoms with Crippen molar-refractivity contribution in [1.29, 1.82) is 0 Å². The molecule has 98 valence electrons. The average molecular weight is 286 g/mol. The fourth-order valence-corrected chi connectivity index (χ4v) is 3.15. The summed E-state index contributed by atoms with van der Waals surface area (Å²) in [6, 6.07) is 0.373. The first kappa shape index (κ1) is 13.6. The Morgan fingerprint density at radius 1 is 1.39 bits per heavy atom. The highest BCUT2D eigenvalue weighted by molar-refractivity contribution is 7.99. The zero-order valence-electron chi connectivity index (χ0n) is 10.2. The van der Waals surface area contributed by atoms with Crippen LogP contribution in [0.3, 0.4) is 0 Å². The van der Waals surface area contributed by atoms with Crippen LogP contribution in [0.1, 0.15) is 36.0 Å². The molecular weight excluding hydrogens is 270 g/mol. The van der Waals surface area contributed by atoms with Crippen LogP contribution in [-0.2, 0) is 0 Å². The van der Waals surface area contributed by atoms with Gasteiger partial charge in [0.05, 0.1) is 5.56 Å². The van der Waals surface area contributed by atoms with Crippen molar-refractivity contribution in [1.82, 2.24) is 9.97 Å². The number of carbonyl (C=O) groups excluding carboxylic acids is 1. The second-order valence-corrected chi connectivity index (χ2v) is 5.89. The summed E-state index contributed by atoms with van der Waals surface area (Å²) in [5.41, 5.74) is 0.353. The van der Waals surface area contributed by atoms with Crippen LogP contribution < -0.4 is 5.32 Å². The maximum atomic E-state index is 11.0.